The van der Waals surface area contributed by atoms with Crippen molar-refractivity contribution in [1.82, 2.24) is 30.3 Å². The van der Waals surface area contributed by atoms with Crippen LogP contribution in [0.25, 0.3) is 11.1 Å². The molecule has 2 N–H and O–H groups in total. The summed E-state index contributed by atoms with van der Waals surface area (Å²) in [5, 5.41) is 4.21. The van der Waals surface area contributed by atoms with Gasteiger partial charge in [-0.1, -0.05) is 0 Å². The van der Waals surface area contributed by atoms with E-state index in [-0.39, 0.29) is 45.0 Å². The number of methoxy groups -OCH3 is 3. The second-order valence-electron chi connectivity index (χ2n) is 14.4. The molecule has 1 aliphatic rings. The smallest absolute Gasteiger partial charge is 0.471 e. The molecule has 2 heterocycles. The van der Waals surface area contributed by atoms with E-state index in [1.54, 1.807) is 65.1 Å². The summed E-state index contributed by atoms with van der Waals surface area (Å²) in [6.07, 6.45) is -6.15. The van der Waals surface area contributed by atoms with E-state index in [1.807, 2.05) is 4.90 Å². The first-order chi connectivity index (χ1) is 25.1. The van der Waals surface area contributed by atoms with Crippen LogP contribution < -0.4 is 24.8 Å². The molecule has 0 radical (unpaired) electrons. The van der Waals surface area contributed by atoms with Crippen LogP contribution in [0.4, 0.5) is 22.8 Å². The van der Waals surface area contributed by atoms with Crippen molar-refractivity contribution in [3.05, 3.63) is 35.7 Å². The maximum absolute atomic E-state index is 13.4. The lowest BCUT2D eigenvalue weighted by molar-refractivity contribution is -0.173. The molecule has 0 aliphatic carbocycles. The molecule has 54 heavy (non-hydrogen) atoms. The van der Waals surface area contributed by atoms with Gasteiger partial charge in [-0.15, -0.1) is 0 Å². The molecule has 0 spiro atoms. The molecule has 0 saturated carbocycles. The zero-order valence-corrected chi connectivity index (χ0v) is 32.3. The molecular formula is C36H51F3N6O9. The largest absolute Gasteiger partial charge is 0.496 e. The molecule has 2 aromatic rings. The fourth-order valence-electron chi connectivity index (χ4n) is 5.27. The van der Waals surface area contributed by atoms with Gasteiger partial charge in [0.2, 0.25) is 0 Å². The number of halogens is 3. The molecule has 4 amide bonds. The molecule has 18 heteroatoms. The second kappa shape index (κ2) is 18.4. The number of hydrogen-bond donors (Lipinski definition) is 2. The lowest BCUT2D eigenvalue weighted by Crippen LogP contribution is -2.44. The first-order valence-electron chi connectivity index (χ1n) is 17.3. The number of aromatic nitrogens is 1. The first kappa shape index (κ1) is 43.4. The van der Waals surface area contributed by atoms with Crippen LogP contribution in [0.3, 0.4) is 0 Å². The normalized spacial score (nSPS) is 14.6. The Morgan fingerprint density at radius 3 is 1.63 bits per heavy atom. The Bertz CT molecular complexity index is 1580. The summed E-state index contributed by atoms with van der Waals surface area (Å²) in [4.78, 5) is 60.7. The first-order valence-corrected chi connectivity index (χ1v) is 17.3. The van der Waals surface area contributed by atoms with Gasteiger partial charge < -0.3 is 44.1 Å². The third kappa shape index (κ3) is 13.1. The topological polar surface area (TPSA) is 161 Å². The van der Waals surface area contributed by atoms with Gasteiger partial charge in [-0.25, -0.2) is 14.6 Å². The van der Waals surface area contributed by atoms with Gasteiger partial charge in [0.05, 0.1) is 32.6 Å². The van der Waals surface area contributed by atoms with Crippen molar-refractivity contribution in [1.29, 1.82) is 0 Å². The number of nitrogens with one attached hydrogen (secondary N) is 2. The van der Waals surface area contributed by atoms with E-state index in [1.165, 1.54) is 37.2 Å². The average Bonchev–Trinajstić information content (AvgIpc) is 3.18. The Labute approximate surface area is 313 Å². The van der Waals surface area contributed by atoms with Crippen LogP contribution in [-0.4, -0.2) is 135 Å². The van der Waals surface area contributed by atoms with E-state index >= 15 is 0 Å². The summed E-state index contributed by atoms with van der Waals surface area (Å²) in [5.74, 6) is -1.69. The molecule has 1 aromatic carbocycles. The van der Waals surface area contributed by atoms with Crippen molar-refractivity contribution in [3.8, 4) is 28.4 Å². The van der Waals surface area contributed by atoms with Crippen LogP contribution in [0.5, 0.6) is 17.2 Å². The van der Waals surface area contributed by atoms with Crippen molar-refractivity contribution in [2.24, 2.45) is 0 Å². The van der Waals surface area contributed by atoms with Crippen molar-refractivity contribution in [2.75, 3.05) is 73.7 Å². The van der Waals surface area contributed by atoms with E-state index in [0.29, 0.717) is 47.2 Å². The van der Waals surface area contributed by atoms with Gasteiger partial charge in [0, 0.05) is 71.0 Å². The molecule has 300 valence electrons. The molecule has 1 saturated heterocycles. The van der Waals surface area contributed by atoms with Crippen LogP contribution >= 0.6 is 0 Å². The lowest BCUT2D eigenvalue weighted by atomic mass is 10.0. The standard InChI is InChI=1S/C36H51F3N6O9/c1-34(2,3)53-32(48)44-14-12-43(13-15-45(17-16-44)33(49)54-35(4,5)6)22-24-18-23(29-27(51-8)20-25(50-7)21-28(29)52-9)19-26(42-24)30(46)40-10-11-41-31(47)36(37,38)39/h18-21H,10-17,22H2,1-9H3,(H,40,46)(H,41,47). The van der Waals surface area contributed by atoms with E-state index in [4.69, 9.17) is 23.7 Å². The number of nitrogens with zero attached hydrogens (tertiary/aromatic N) is 4. The highest BCUT2D eigenvalue weighted by Gasteiger charge is 2.38. The Balaban J connectivity index is 2.03. The Kier molecular flexibility index (Phi) is 14.8. The van der Waals surface area contributed by atoms with Gasteiger partial charge in [-0.05, 0) is 59.2 Å². The maximum Gasteiger partial charge on any atom is 0.471 e. The summed E-state index contributed by atoms with van der Waals surface area (Å²) < 4.78 is 65.9. The van der Waals surface area contributed by atoms with Crippen LogP contribution in [0, 0.1) is 0 Å². The third-order valence-corrected chi connectivity index (χ3v) is 7.77. The van der Waals surface area contributed by atoms with Gasteiger partial charge in [0.15, 0.2) is 0 Å². The van der Waals surface area contributed by atoms with Crippen LogP contribution in [0.2, 0.25) is 0 Å². The van der Waals surface area contributed by atoms with Crippen molar-refractivity contribution >= 4 is 24.0 Å². The predicted octanol–water partition coefficient (Wildman–Crippen LogP) is 4.47. The number of ether oxygens (including phenoxy) is 5. The zero-order chi connectivity index (χ0) is 40.4. The Morgan fingerprint density at radius 1 is 0.704 bits per heavy atom. The maximum atomic E-state index is 13.4. The SMILES string of the molecule is COc1cc(OC)c(-c2cc(CN3CCN(C(=O)OC(C)(C)C)CCN(C(=O)OC(C)(C)C)CC3)nc(C(=O)NCCNC(=O)C(F)(F)F)c2)c(OC)c1. The third-order valence-electron chi connectivity index (χ3n) is 7.77. The highest BCUT2D eigenvalue weighted by Crippen LogP contribution is 2.42. The molecule has 1 aromatic heterocycles. The summed E-state index contributed by atoms with van der Waals surface area (Å²) in [7, 11) is 4.40. The number of benzene rings is 1. The van der Waals surface area contributed by atoms with E-state index in [2.05, 4.69) is 10.3 Å². The number of carbonyl (C=O) groups is 4. The number of hydrogen-bond acceptors (Lipinski definition) is 11. The van der Waals surface area contributed by atoms with Crippen LogP contribution in [-0.2, 0) is 20.8 Å². The summed E-state index contributed by atoms with van der Waals surface area (Å²) in [6, 6.07) is 6.49. The minimum absolute atomic E-state index is 0.0837. The minimum atomic E-state index is -5.06. The molecule has 3 rings (SSSR count). The molecule has 0 atom stereocenters. The number of carbonyl (C=O) groups excluding carboxylic acids is 4. The highest BCUT2D eigenvalue weighted by molar-refractivity contribution is 5.94. The monoisotopic (exact) mass is 768 g/mol. The number of alkyl halides is 3. The second-order valence-corrected chi connectivity index (χ2v) is 14.4. The number of amides is 4. The Morgan fingerprint density at radius 2 is 1.19 bits per heavy atom. The van der Waals surface area contributed by atoms with Gasteiger partial charge in [0.1, 0.15) is 34.1 Å². The van der Waals surface area contributed by atoms with Gasteiger partial charge >= 0.3 is 24.3 Å². The zero-order valence-electron chi connectivity index (χ0n) is 32.3. The number of rotatable bonds is 10. The summed E-state index contributed by atoms with van der Waals surface area (Å²) in [5.41, 5.74) is -0.270. The predicted molar refractivity (Wildman–Crippen MR) is 192 cm³/mol. The molecule has 1 fully saturated rings. The fraction of sp³-hybridized carbons (Fsp3) is 0.583. The lowest BCUT2D eigenvalue weighted by Gasteiger charge is -2.30. The van der Waals surface area contributed by atoms with E-state index in [9.17, 15) is 32.3 Å². The van der Waals surface area contributed by atoms with Crippen molar-refractivity contribution in [3.63, 3.8) is 0 Å². The molecular weight excluding hydrogens is 717 g/mol. The molecule has 15 nitrogen and oxygen atoms in total. The summed E-state index contributed by atoms with van der Waals surface area (Å²) in [6.45, 7) is 11.5. The molecule has 0 bridgehead atoms. The molecule has 0 unspecified atom stereocenters. The van der Waals surface area contributed by atoms with E-state index < -0.39 is 47.9 Å². The average molecular weight is 769 g/mol. The van der Waals surface area contributed by atoms with Gasteiger partial charge in [0.25, 0.3) is 5.91 Å². The Hall–Kier alpha value is -5.00. The van der Waals surface area contributed by atoms with Crippen molar-refractivity contribution < 1.29 is 56.0 Å². The van der Waals surface area contributed by atoms with Crippen LogP contribution in [0.15, 0.2) is 24.3 Å². The highest BCUT2D eigenvalue weighted by atomic mass is 19.4. The van der Waals surface area contributed by atoms with E-state index in [0.717, 1.165) is 0 Å². The number of pyridine rings is 1. The summed E-state index contributed by atoms with van der Waals surface area (Å²) >= 11 is 0. The van der Waals surface area contributed by atoms with Crippen molar-refractivity contribution in [2.45, 2.75) is 65.5 Å². The van der Waals surface area contributed by atoms with Gasteiger partial charge in [-0.2, -0.15) is 13.2 Å². The molecule has 1 aliphatic heterocycles. The quantitative estimate of drug-likeness (QED) is 0.328. The minimum Gasteiger partial charge on any atom is -0.496 e. The fourth-order valence-corrected chi connectivity index (χ4v) is 5.27. The van der Waals surface area contributed by atoms with Gasteiger partial charge in [-0.3, -0.25) is 14.5 Å². The van der Waals surface area contributed by atoms with Crippen LogP contribution in [0.1, 0.15) is 57.7 Å².